The van der Waals surface area contributed by atoms with Gasteiger partial charge in [-0.1, -0.05) is 0 Å². The molecule has 2 unspecified atom stereocenters. The van der Waals surface area contributed by atoms with Crippen LogP contribution in [0.4, 0.5) is 0 Å². The van der Waals surface area contributed by atoms with Crippen LogP contribution in [0.2, 0.25) is 0 Å². The third kappa shape index (κ3) is 3.28. The standard InChI is InChI=1S/C14H23N3O6S/c18-13(11-1-2-12(11)14(19)20)15-3-5-16(6-4-15)24(21,22)17-7-9-23-10-8-17/h11-12H,1-10H2,(H,19,20). The zero-order chi connectivity index (χ0) is 17.3. The molecule has 3 fully saturated rings. The quantitative estimate of drug-likeness (QED) is 0.675. The van der Waals surface area contributed by atoms with Crippen molar-refractivity contribution in [3.05, 3.63) is 0 Å². The molecular weight excluding hydrogens is 338 g/mol. The maximum atomic E-state index is 12.6. The highest BCUT2D eigenvalue weighted by Gasteiger charge is 2.44. The number of amides is 1. The molecule has 2 atom stereocenters. The highest BCUT2D eigenvalue weighted by Crippen LogP contribution is 2.36. The summed E-state index contributed by atoms with van der Waals surface area (Å²) in [6.07, 6.45) is 1.14. The molecule has 1 N–H and O–H groups in total. The first kappa shape index (κ1) is 17.6. The highest BCUT2D eigenvalue weighted by atomic mass is 32.2. The average Bonchev–Trinajstić information content (AvgIpc) is 2.54. The second-order valence-electron chi connectivity index (χ2n) is 6.37. The molecule has 3 rings (SSSR count). The lowest BCUT2D eigenvalue weighted by Gasteiger charge is -2.41. The Labute approximate surface area is 141 Å². The van der Waals surface area contributed by atoms with Crippen molar-refractivity contribution in [3.8, 4) is 0 Å². The van der Waals surface area contributed by atoms with E-state index in [0.717, 1.165) is 0 Å². The number of nitrogens with zero attached hydrogens (tertiary/aromatic N) is 3. The van der Waals surface area contributed by atoms with E-state index in [4.69, 9.17) is 9.84 Å². The lowest BCUT2D eigenvalue weighted by Crippen LogP contribution is -2.57. The first-order valence-corrected chi connectivity index (χ1v) is 9.65. The van der Waals surface area contributed by atoms with Gasteiger partial charge >= 0.3 is 5.97 Å². The van der Waals surface area contributed by atoms with Crippen LogP contribution in [0, 0.1) is 11.8 Å². The van der Waals surface area contributed by atoms with Crippen LogP contribution in [0.5, 0.6) is 0 Å². The number of morpholine rings is 1. The summed E-state index contributed by atoms with van der Waals surface area (Å²) in [7, 11) is -3.52. The smallest absolute Gasteiger partial charge is 0.307 e. The maximum Gasteiger partial charge on any atom is 0.307 e. The first-order valence-electron chi connectivity index (χ1n) is 8.26. The van der Waals surface area contributed by atoms with Crippen LogP contribution in [-0.4, -0.2) is 91.4 Å². The molecule has 0 aromatic heterocycles. The van der Waals surface area contributed by atoms with E-state index in [1.807, 2.05) is 0 Å². The Morgan fingerprint density at radius 2 is 1.42 bits per heavy atom. The van der Waals surface area contributed by atoms with Gasteiger partial charge in [0.05, 0.1) is 25.0 Å². The number of hydrogen-bond acceptors (Lipinski definition) is 5. The predicted molar refractivity (Wildman–Crippen MR) is 83.3 cm³/mol. The second-order valence-corrected chi connectivity index (χ2v) is 8.30. The molecule has 1 aliphatic carbocycles. The number of carbonyl (C=O) groups excluding carboxylic acids is 1. The van der Waals surface area contributed by atoms with Crippen molar-refractivity contribution in [1.82, 2.24) is 13.5 Å². The summed E-state index contributed by atoms with van der Waals surface area (Å²) in [5.41, 5.74) is 0. The predicted octanol–water partition coefficient (Wildman–Crippen LogP) is -1.18. The molecule has 2 saturated heterocycles. The molecule has 9 nitrogen and oxygen atoms in total. The summed E-state index contributed by atoms with van der Waals surface area (Å²) in [6, 6.07) is 0. The molecule has 0 aromatic carbocycles. The molecule has 136 valence electrons. The van der Waals surface area contributed by atoms with Crippen molar-refractivity contribution < 1.29 is 27.9 Å². The third-order valence-electron chi connectivity index (χ3n) is 5.08. The maximum absolute atomic E-state index is 12.6. The van der Waals surface area contributed by atoms with Gasteiger partial charge in [0, 0.05) is 39.3 Å². The largest absolute Gasteiger partial charge is 0.481 e. The van der Waals surface area contributed by atoms with Crippen molar-refractivity contribution in [3.63, 3.8) is 0 Å². The zero-order valence-electron chi connectivity index (χ0n) is 13.5. The molecule has 2 heterocycles. The Morgan fingerprint density at radius 1 is 0.875 bits per heavy atom. The van der Waals surface area contributed by atoms with Gasteiger partial charge in [0.15, 0.2) is 0 Å². The van der Waals surface area contributed by atoms with E-state index in [1.165, 1.54) is 8.61 Å². The van der Waals surface area contributed by atoms with Crippen LogP contribution < -0.4 is 0 Å². The van der Waals surface area contributed by atoms with Crippen LogP contribution in [0.1, 0.15) is 12.8 Å². The Bertz CT molecular complexity index is 596. The highest BCUT2D eigenvalue weighted by molar-refractivity contribution is 7.86. The van der Waals surface area contributed by atoms with E-state index in [2.05, 4.69) is 0 Å². The summed E-state index contributed by atoms with van der Waals surface area (Å²) in [6.45, 7) is 2.61. The van der Waals surface area contributed by atoms with Crippen molar-refractivity contribution in [1.29, 1.82) is 0 Å². The van der Waals surface area contributed by atoms with Gasteiger partial charge in [-0.25, -0.2) is 0 Å². The fraction of sp³-hybridized carbons (Fsp3) is 0.857. The van der Waals surface area contributed by atoms with E-state index < -0.39 is 28.0 Å². The van der Waals surface area contributed by atoms with Crippen molar-refractivity contribution >= 4 is 22.1 Å². The van der Waals surface area contributed by atoms with Gasteiger partial charge in [0.1, 0.15) is 0 Å². The Morgan fingerprint density at radius 3 is 1.92 bits per heavy atom. The minimum atomic E-state index is -3.52. The molecule has 1 saturated carbocycles. The molecule has 0 aromatic rings. The van der Waals surface area contributed by atoms with Crippen molar-refractivity contribution in [2.45, 2.75) is 12.8 Å². The van der Waals surface area contributed by atoms with Crippen LogP contribution in [0.3, 0.4) is 0 Å². The molecule has 3 aliphatic rings. The van der Waals surface area contributed by atoms with Crippen LogP contribution >= 0.6 is 0 Å². The number of hydrogen-bond donors (Lipinski definition) is 1. The van der Waals surface area contributed by atoms with E-state index in [-0.39, 0.29) is 19.0 Å². The summed E-state index contributed by atoms with van der Waals surface area (Å²) in [4.78, 5) is 25.1. The number of aliphatic carboxylic acids is 1. The molecule has 24 heavy (non-hydrogen) atoms. The minimum absolute atomic E-state index is 0.155. The van der Waals surface area contributed by atoms with Gasteiger partial charge < -0.3 is 14.7 Å². The van der Waals surface area contributed by atoms with Crippen molar-refractivity contribution in [2.75, 3.05) is 52.5 Å². The first-order chi connectivity index (χ1) is 11.4. The summed E-state index contributed by atoms with van der Waals surface area (Å²) >= 11 is 0. The molecule has 0 radical (unpaired) electrons. The summed E-state index contributed by atoms with van der Waals surface area (Å²) in [5.74, 6) is -2.12. The van der Waals surface area contributed by atoms with Gasteiger partial charge in [-0.2, -0.15) is 17.0 Å². The topological polar surface area (TPSA) is 107 Å². The van der Waals surface area contributed by atoms with Crippen molar-refractivity contribution in [2.24, 2.45) is 11.8 Å². The molecule has 10 heteroatoms. The van der Waals surface area contributed by atoms with E-state index in [1.54, 1.807) is 4.90 Å². The molecule has 0 spiro atoms. The number of carboxylic acid groups (broad SMARTS) is 1. The van der Waals surface area contributed by atoms with E-state index in [9.17, 15) is 18.0 Å². The fourth-order valence-corrected chi connectivity index (χ4v) is 4.97. The van der Waals surface area contributed by atoms with E-state index in [0.29, 0.717) is 52.2 Å². The molecule has 0 bridgehead atoms. The minimum Gasteiger partial charge on any atom is -0.481 e. The number of piperazine rings is 1. The van der Waals surface area contributed by atoms with Crippen LogP contribution in [0.15, 0.2) is 0 Å². The zero-order valence-corrected chi connectivity index (χ0v) is 14.3. The number of carboxylic acids is 1. The SMILES string of the molecule is O=C(O)C1CCC1C(=O)N1CCN(S(=O)(=O)N2CCOCC2)CC1. The van der Waals surface area contributed by atoms with Gasteiger partial charge in [-0.05, 0) is 12.8 Å². The normalized spacial score (nSPS) is 29.9. The lowest BCUT2D eigenvalue weighted by molar-refractivity contribution is -0.157. The average molecular weight is 361 g/mol. The molecule has 2 aliphatic heterocycles. The van der Waals surface area contributed by atoms with Gasteiger partial charge in [-0.3, -0.25) is 9.59 Å². The Balaban J connectivity index is 1.55. The van der Waals surface area contributed by atoms with Gasteiger partial charge in [-0.15, -0.1) is 0 Å². The van der Waals surface area contributed by atoms with Gasteiger partial charge in [0.25, 0.3) is 10.2 Å². The number of rotatable bonds is 4. The molecule has 1 amide bonds. The van der Waals surface area contributed by atoms with Gasteiger partial charge in [0.2, 0.25) is 5.91 Å². The van der Waals surface area contributed by atoms with Crippen LogP contribution in [0.25, 0.3) is 0 Å². The summed E-state index contributed by atoms with van der Waals surface area (Å²) < 4.78 is 33.1. The fourth-order valence-electron chi connectivity index (χ4n) is 3.41. The third-order valence-corrected chi connectivity index (χ3v) is 7.12. The molecular formula is C14H23N3O6S. The van der Waals surface area contributed by atoms with E-state index >= 15 is 0 Å². The number of ether oxygens (including phenoxy) is 1. The lowest BCUT2D eigenvalue weighted by atomic mass is 9.73. The van der Waals surface area contributed by atoms with Crippen LogP contribution in [-0.2, 0) is 24.5 Å². The Kier molecular flexibility index (Phi) is 5.09. The second kappa shape index (κ2) is 6.95. The summed E-state index contributed by atoms with van der Waals surface area (Å²) in [5, 5.41) is 9.07. The monoisotopic (exact) mass is 361 g/mol. The Hall–Kier alpha value is -1.23. The number of carbonyl (C=O) groups is 2.